The monoisotopic (exact) mass is 660 g/mol. The first-order valence-electron chi connectivity index (χ1n) is 17.0. The minimum Gasteiger partial charge on any atom is -0.507 e. The first-order valence-corrected chi connectivity index (χ1v) is 17.0. The van der Waals surface area contributed by atoms with Gasteiger partial charge in [-0.3, -0.25) is 9.59 Å². The van der Waals surface area contributed by atoms with Gasteiger partial charge in [0.2, 0.25) is 11.4 Å². The number of hydrogen-bond acceptors (Lipinski definition) is 8. The normalized spacial score (nSPS) is 32.5. The Balaban J connectivity index is 1.57. The molecule has 5 fully saturated rings. The Morgan fingerprint density at radius 3 is 2.23 bits per heavy atom. The van der Waals surface area contributed by atoms with Crippen LogP contribution in [-0.4, -0.2) is 61.4 Å². The van der Waals surface area contributed by atoms with Crippen LogP contribution in [0, 0.1) is 11.8 Å². The van der Waals surface area contributed by atoms with Gasteiger partial charge < -0.3 is 29.5 Å². The van der Waals surface area contributed by atoms with Gasteiger partial charge in [-0.25, -0.2) is 4.79 Å². The molecular weight excluding hydrogens is 612 g/mol. The SMILES string of the molecule is CC(C)=CCCC(C)=CCc1c(O)c(CC=C(C)C)c2c(c1O)C(=O)C13OC1C1CC4C(C)(C)OC(CC=C(C)C(=O)O)(CC1=O)C43O2. The first kappa shape index (κ1) is 34.2. The molecule has 9 nitrogen and oxygen atoms in total. The molecule has 3 saturated carbocycles. The standard InChI is InChI=1S/C39H48O9/c1-20(2)10-9-11-22(5)13-15-24-30(41)25(14-12-21(3)4)32-29(31(24)42)33(43)38-34(47-38)26-18-28-36(7,8)48-37(19-27(26)40,39(28,38)46-32)17-16-23(6)35(44)45/h10,12-13,16,26,28,34,41-42H,9,11,14-15,17-19H2,1-8H3,(H,44,45). The third-order valence-corrected chi connectivity index (χ3v) is 11.4. The average molecular weight is 661 g/mol. The van der Waals surface area contributed by atoms with Crippen LogP contribution in [0.2, 0.25) is 0 Å². The van der Waals surface area contributed by atoms with E-state index in [0.29, 0.717) is 12.0 Å². The molecule has 7 rings (SSSR count). The molecule has 6 aliphatic rings. The molecule has 48 heavy (non-hydrogen) atoms. The van der Waals surface area contributed by atoms with Crippen LogP contribution in [0.3, 0.4) is 0 Å². The number of carbonyl (C=O) groups is 3. The zero-order valence-corrected chi connectivity index (χ0v) is 29.3. The van der Waals surface area contributed by atoms with Crippen molar-refractivity contribution in [1.29, 1.82) is 0 Å². The summed E-state index contributed by atoms with van der Waals surface area (Å²) in [5, 5.41) is 33.4. The van der Waals surface area contributed by atoms with Crippen molar-refractivity contribution in [2.45, 2.75) is 129 Å². The summed E-state index contributed by atoms with van der Waals surface area (Å²) < 4.78 is 20.5. The molecule has 3 aliphatic carbocycles. The second-order valence-electron chi connectivity index (χ2n) is 15.5. The van der Waals surface area contributed by atoms with Crippen LogP contribution in [-0.2, 0) is 31.9 Å². The third kappa shape index (κ3) is 4.75. The Morgan fingerprint density at radius 2 is 1.58 bits per heavy atom. The van der Waals surface area contributed by atoms with Gasteiger partial charge in [-0.15, -0.1) is 0 Å². The van der Waals surface area contributed by atoms with Gasteiger partial charge in [0.1, 0.15) is 40.3 Å². The molecule has 2 saturated heterocycles. The highest BCUT2D eigenvalue weighted by atomic mass is 16.7. The lowest BCUT2D eigenvalue weighted by molar-refractivity contribution is -0.165. The second kappa shape index (κ2) is 11.4. The summed E-state index contributed by atoms with van der Waals surface area (Å²) >= 11 is 0. The number of fused-ring (bicyclic) bond motifs is 2. The molecule has 3 aliphatic heterocycles. The Hall–Kier alpha value is -3.69. The first-order chi connectivity index (χ1) is 22.4. The molecule has 9 heteroatoms. The number of carbonyl (C=O) groups excluding carboxylic acids is 2. The molecule has 258 valence electrons. The van der Waals surface area contributed by atoms with Crippen LogP contribution in [0.25, 0.3) is 0 Å². The Morgan fingerprint density at radius 1 is 0.917 bits per heavy atom. The zero-order valence-electron chi connectivity index (χ0n) is 29.3. The van der Waals surface area contributed by atoms with Crippen molar-refractivity contribution in [2.24, 2.45) is 11.8 Å². The number of ketones is 2. The van der Waals surface area contributed by atoms with E-state index in [1.807, 2.05) is 46.8 Å². The fraction of sp³-hybridized carbons (Fsp3) is 0.564. The minimum absolute atomic E-state index is 0.000134. The van der Waals surface area contributed by atoms with Crippen molar-refractivity contribution in [3.63, 3.8) is 0 Å². The van der Waals surface area contributed by atoms with Crippen LogP contribution in [0.15, 0.2) is 46.6 Å². The van der Waals surface area contributed by atoms with E-state index in [-0.39, 0.29) is 65.4 Å². The lowest BCUT2D eigenvalue weighted by atomic mass is 9.55. The van der Waals surface area contributed by atoms with Crippen LogP contribution >= 0.6 is 0 Å². The third-order valence-electron chi connectivity index (χ3n) is 11.4. The number of phenolic OH excluding ortho intramolecular Hbond substituents is 2. The van der Waals surface area contributed by atoms with Gasteiger partial charge >= 0.3 is 5.97 Å². The van der Waals surface area contributed by atoms with Crippen molar-refractivity contribution < 1.29 is 43.9 Å². The van der Waals surface area contributed by atoms with E-state index in [0.717, 1.165) is 24.0 Å². The highest BCUT2D eigenvalue weighted by molar-refractivity contribution is 6.13. The van der Waals surface area contributed by atoms with Gasteiger partial charge in [-0.1, -0.05) is 41.0 Å². The molecule has 2 spiro atoms. The number of ether oxygens (including phenoxy) is 3. The van der Waals surface area contributed by atoms with Crippen LogP contribution in [0.4, 0.5) is 0 Å². The molecule has 1 aromatic carbocycles. The number of carboxylic acids is 1. The van der Waals surface area contributed by atoms with Crippen molar-refractivity contribution in [2.75, 3.05) is 0 Å². The van der Waals surface area contributed by atoms with E-state index in [9.17, 15) is 24.9 Å². The summed E-state index contributed by atoms with van der Waals surface area (Å²) in [5.74, 6) is -3.17. The maximum absolute atomic E-state index is 15.1. The predicted octanol–water partition coefficient (Wildman–Crippen LogP) is 6.87. The quantitative estimate of drug-likeness (QED) is 0.139. The van der Waals surface area contributed by atoms with Crippen molar-refractivity contribution >= 4 is 17.5 Å². The van der Waals surface area contributed by atoms with Gasteiger partial charge in [0.05, 0.1) is 5.60 Å². The topological polar surface area (TPSA) is 143 Å². The number of benzene rings is 1. The smallest absolute Gasteiger partial charge is 0.330 e. The van der Waals surface area contributed by atoms with Gasteiger partial charge in [-0.2, -0.15) is 0 Å². The van der Waals surface area contributed by atoms with Crippen molar-refractivity contribution in [3.05, 3.63) is 63.3 Å². The van der Waals surface area contributed by atoms with E-state index in [4.69, 9.17) is 14.2 Å². The van der Waals surface area contributed by atoms with E-state index in [1.54, 1.807) is 0 Å². The molecule has 6 atom stereocenters. The van der Waals surface area contributed by atoms with E-state index < -0.39 is 52.1 Å². The molecule has 4 bridgehead atoms. The number of Topliss-reactive ketones (excluding diaryl/α,β-unsaturated/α-hetero) is 2. The number of allylic oxidation sites excluding steroid dienone is 6. The molecule has 3 N–H and O–H groups in total. The summed E-state index contributed by atoms with van der Waals surface area (Å²) in [4.78, 5) is 40.9. The number of hydrogen-bond donors (Lipinski definition) is 3. The number of aromatic hydroxyl groups is 2. The number of aliphatic carboxylic acids is 1. The lowest BCUT2D eigenvalue weighted by Gasteiger charge is -2.52. The van der Waals surface area contributed by atoms with Crippen LogP contribution in [0.5, 0.6) is 17.2 Å². The fourth-order valence-electron chi connectivity index (χ4n) is 8.99. The van der Waals surface area contributed by atoms with E-state index >= 15 is 4.79 Å². The largest absolute Gasteiger partial charge is 0.507 e. The number of epoxide rings is 1. The zero-order chi connectivity index (χ0) is 35.1. The van der Waals surface area contributed by atoms with Gasteiger partial charge in [0.15, 0.2) is 5.60 Å². The van der Waals surface area contributed by atoms with Gasteiger partial charge in [0, 0.05) is 35.0 Å². The van der Waals surface area contributed by atoms with Crippen LogP contribution in [0.1, 0.15) is 109 Å². The molecule has 0 aromatic heterocycles. The minimum atomic E-state index is -1.62. The van der Waals surface area contributed by atoms with Crippen molar-refractivity contribution in [3.8, 4) is 17.2 Å². The second-order valence-corrected chi connectivity index (χ2v) is 15.5. The number of carboxylic acid groups (broad SMARTS) is 1. The summed E-state index contributed by atoms with van der Waals surface area (Å²) in [6.45, 7) is 15.3. The van der Waals surface area contributed by atoms with E-state index in [2.05, 4.69) is 19.9 Å². The van der Waals surface area contributed by atoms with E-state index in [1.165, 1.54) is 18.6 Å². The molecule has 0 radical (unpaired) electrons. The summed E-state index contributed by atoms with van der Waals surface area (Å²) in [6, 6.07) is 0. The maximum atomic E-state index is 15.1. The maximum Gasteiger partial charge on any atom is 0.330 e. The molecule has 6 unspecified atom stereocenters. The Labute approximate surface area is 282 Å². The molecular formula is C39H48O9. The van der Waals surface area contributed by atoms with Gasteiger partial charge in [-0.05, 0) is 93.9 Å². The molecule has 0 amide bonds. The Bertz CT molecular complexity index is 1730. The molecule has 3 heterocycles. The highest BCUT2D eigenvalue weighted by Gasteiger charge is 2.94. The van der Waals surface area contributed by atoms with Crippen molar-refractivity contribution in [1.82, 2.24) is 0 Å². The lowest BCUT2D eigenvalue weighted by Crippen LogP contribution is -2.72. The number of rotatable bonds is 10. The summed E-state index contributed by atoms with van der Waals surface area (Å²) in [6.07, 6.45) is 9.24. The summed E-state index contributed by atoms with van der Waals surface area (Å²) in [7, 11) is 0. The van der Waals surface area contributed by atoms with Crippen LogP contribution < -0.4 is 4.74 Å². The summed E-state index contributed by atoms with van der Waals surface area (Å²) in [5.41, 5.74) is -1.50. The Kier molecular flexibility index (Phi) is 8.15. The average Bonchev–Trinajstić information content (AvgIpc) is 3.73. The van der Waals surface area contributed by atoms with Gasteiger partial charge in [0.25, 0.3) is 0 Å². The predicted molar refractivity (Wildman–Crippen MR) is 179 cm³/mol. The highest BCUT2D eigenvalue weighted by Crippen LogP contribution is 2.76. The fourth-order valence-corrected chi connectivity index (χ4v) is 8.99. The number of phenols is 2. The molecule has 1 aromatic rings.